The topological polar surface area (TPSA) is 68.2 Å². The second kappa shape index (κ2) is 6.09. The van der Waals surface area contributed by atoms with Crippen LogP contribution in [0.5, 0.6) is 5.88 Å². The Labute approximate surface area is 129 Å². The Kier molecular flexibility index (Phi) is 4.00. The van der Waals surface area contributed by atoms with E-state index in [2.05, 4.69) is 15.0 Å². The van der Waals surface area contributed by atoms with E-state index in [1.165, 1.54) is 0 Å². The molecule has 1 amide bonds. The summed E-state index contributed by atoms with van der Waals surface area (Å²) in [5.41, 5.74) is 1.35. The SMILES string of the molecule is Cc1cc(OC2CCN(C(=O)c3ccccn3)C2)nc(C)n1. The number of hydrogen-bond acceptors (Lipinski definition) is 5. The van der Waals surface area contributed by atoms with Crippen molar-refractivity contribution in [3.63, 3.8) is 0 Å². The number of aryl methyl sites for hydroxylation is 2. The molecule has 2 aromatic heterocycles. The Bertz CT molecular complexity index is 655. The summed E-state index contributed by atoms with van der Waals surface area (Å²) in [6.07, 6.45) is 2.38. The predicted molar refractivity (Wildman–Crippen MR) is 80.7 cm³/mol. The number of pyridine rings is 1. The summed E-state index contributed by atoms with van der Waals surface area (Å²) in [4.78, 5) is 26.7. The average Bonchev–Trinajstić information content (AvgIpc) is 2.95. The molecule has 0 aromatic carbocycles. The summed E-state index contributed by atoms with van der Waals surface area (Å²) in [5, 5.41) is 0. The molecule has 0 spiro atoms. The maximum Gasteiger partial charge on any atom is 0.272 e. The molecule has 0 saturated carbocycles. The van der Waals surface area contributed by atoms with E-state index in [1.54, 1.807) is 23.2 Å². The first-order chi connectivity index (χ1) is 10.6. The summed E-state index contributed by atoms with van der Waals surface area (Å²) in [6, 6.07) is 7.16. The molecule has 22 heavy (non-hydrogen) atoms. The molecule has 1 aliphatic heterocycles. The normalized spacial score (nSPS) is 17.5. The van der Waals surface area contributed by atoms with Crippen molar-refractivity contribution < 1.29 is 9.53 Å². The van der Waals surface area contributed by atoms with Gasteiger partial charge in [-0.3, -0.25) is 9.78 Å². The highest BCUT2D eigenvalue weighted by Gasteiger charge is 2.29. The van der Waals surface area contributed by atoms with E-state index in [4.69, 9.17) is 4.74 Å². The second-order valence-corrected chi connectivity index (χ2v) is 5.39. The fraction of sp³-hybridized carbons (Fsp3) is 0.375. The van der Waals surface area contributed by atoms with E-state index in [0.717, 1.165) is 12.1 Å². The molecular weight excluding hydrogens is 280 g/mol. The first kappa shape index (κ1) is 14.4. The van der Waals surface area contributed by atoms with E-state index < -0.39 is 0 Å². The van der Waals surface area contributed by atoms with Gasteiger partial charge in [0.1, 0.15) is 17.6 Å². The Morgan fingerprint density at radius 3 is 2.91 bits per heavy atom. The van der Waals surface area contributed by atoms with E-state index in [1.807, 2.05) is 26.0 Å². The van der Waals surface area contributed by atoms with Crippen LogP contribution in [0.2, 0.25) is 0 Å². The number of nitrogens with zero attached hydrogens (tertiary/aromatic N) is 4. The minimum atomic E-state index is -0.0539. The molecular formula is C16H18N4O2. The summed E-state index contributed by atoms with van der Waals surface area (Å²) < 4.78 is 5.89. The van der Waals surface area contributed by atoms with Crippen LogP contribution in [0, 0.1) is 13.8 Å². The minimum Gasteiger partial charge on any atom is -0.472 e. The van der Waals surface area contributed by atoms with E-state index in [9.17, 15) is 4.79 Å². The summed E-state index contributed by atoms with van der Waals surface area (Å²) >= 11 is 0. The minimum absolute atomic E-state index is 0.0404. The van der Waals surface area contributed by atoms with Crippen molar-refractivity contribution in [1.82, 2.24) is 19.9 Å². The lowest BCUT2D eigenvalue weighted by Crippen LogP contribution is -2.31. The van der Waals surface area contributed by atoms with Crippen LogP contribution in [0.1, 0.15) is 28.4 Å². The van der Waals surface area contributed by atoms with E-state index >= 15 is 0 Å². The molecule has 1 saturated heterocycles. The van der Waals surface area contributed by atoms with E-state index in [0.29, 0.717) is 30.5 Å². The fourth-order valence-corrected chi connectivity index (χ4v) is 2.57. The average molecular weight is 298 g/mol. The van der Waals surface area contributed by atoms with E-state index in [-0.39, 0.29) is 12.0 Å². The Morgan fingerprint density at radius 1 is 1.32 bits per heavy atom. The number of aromatic nitrogens is 3. The monoisotopic (exact) mass is 298 g/mol. The van der Waals surface area contributed by atoms with Gasteiger partial charge in [0, 0.05) is 30.9 Å². The van der Waals surface area contributed by atoms with Crippen LogP contribution in [0.4, 0.5) is 0 Å². The van der Waals surface area contributed by atoms with Gasteiger partial charge in [-0.05, 0) is 26.0 Å². The fourth-order valence-electron chi connectivity index (χ4n) is 2.57. The largest absolute Gasteiger partial charge is 0.472 e. The van der Waals surface area contributed by atoms with Crippen molar-refractivity contribution in [3.8, 4) is 5.88 Å². The van der Waals surface area contributed by atoms with Crippen LogP contribution >= 0.6 is 0 Å². The number of carbonyl (C=O) groups is 1. The molecule has 3 rings (SSSR count). The molecule has 0 radical (unpaired) electrons. The zero-order valence-electron chi connectivity index (χ0n) is 12.7. The van der Waals surface area contributed by atoms with Crippen molar-refractivity contribution in [3.05, 3.63) is 47.7 Å². The van der Waals surface area contributed by atoms with Crippen LogP contribution in [0.25, 0.3) is 0 Å². The van der Waals surface area contributed by atoms with Gasteiger partial charge in [-0.2, -0.15) is 4.98 Å². The van der Waals surface area contributed by atoms with Gasteiger partial charge in [-0.25, -0.2) is 4.98 Å². The Hall–Kier alpha value is -2.50. The van der Waals surface area contributed by atoms with Gasteiger partial charge in [0.2, 0.25) is 5.88 Å². The zero-order valence-corrected chi connectivity index (χ0v) is 12.7. The number of hydrogen-bond donors (Lipinski definition) is 0. The molecule has 1 aliphatic rings. The Balaban J connectivity index is 1.64. The first-order valence-corrected chi connectivity index (χ1v) is 7.31. The number of rotatable bonds is 3. The lowest BCUT2D eigenvalue weighted by atomic mass is 10.3. The standard InChI is InChI=1S/C16H18N4O2/c1-11-9-15(19-12(2)18-11)22-13-6-8-20(10-13)16(21)14-5-3-4-7-17-14/h3-5,7,9,13H,6,8,10H2,1-2H3. The third-order valence-corrected chi connectivity index (χ3v) is 3.55. The highest BCUT2D eigenvalue weighted by molar-refractivity contribution is 5.92. The molecule has 2 aromatic rings. The van der Waals surface area contributed by atoms with Gasteiger partial charge in [0.05, 0.1) is 6.54 Å². The quantitative estimate of drug-likeness (QED) is 0.864. The summed E-state index contributed by atoms with van der Waals surface area (Å²) in [7, 11) is 0. The Morgan fingerprint density at radius 2 is 2.18 bits per heavy atom. The number of amides is 1. The van der Waals surface area contributed by atoms with Crippen molar-refractivity contribution >= 4 is 5.91 Å². The molecule has 6 nitrogen and oxygen atoms in total. The molecule has 3 heterocycles. The molecule has 0 N–H and O–H groups in total. The van der Waals surface area contributed by atoms with Crippen LogP contribution < -0.4 is 4.74 Å². The van der Waals surface area contributed by atoms with Crippen molar-refractivity contribution in [2.45, 2.75) is 26.4 Å². The van der Waals surface area contributed by atoms with Crippen molar-refractivity contribution in [2.24, 2.45) is 0 Å². The van der Waals surface area contributed by atoms with Crippen LogP contribution in [-0.2, 0) is 0 Å². The number of likely N-dealkylation sites (tertiary alicyclic amines) is 1. The predicted octanol–water partition coefficient (Wildman–Crippen LogP) is 1.78. The number of carbonyl (C=O) groups excluding carboxylic acids is 1. The lowest BCUT2D eigenvalue weighted by Gasteiger charge is -2.16. The third-order valence-electron chi connectivity index (χ3n) is 3.55. The maximum absolute atomic E-state index is 12.3. The van der Waals surface area contributed by atoms with Gasteiger partial charge in [0.15, 0.2) is 0 Å². The maximum atomic E-state index is 12.3. The smallest absolute Gasteiger partial charge is 0.272 e. The molecule has 0 bridgehead atoms. The summed E-state index contributed by atoms with van der Waals surface area (Å²) in [6.45, 7) is 4.97. The van der Waals surface area contributed by atoms with Gasteiger partial charge in [-0.15, -0.1) is 0 Å². The van der Waals surface area contributed by atoms with Crippen molar-refractivity contribution in [2.75, 3.05) is 13.1 Å². The van der Waals surface area contributed by atoms with Gasteiger partial charge < -0.3 is 9.64 Å². The highest BCUT2D eigenvalue weighted by atomic mass is 16.5. The molecule has 6 heteroatoms. The second-order valence-electron chi connectivity index (χ2n) is 5.39. The highest BCUT2D eigenvalue weighted by Crippen LogP contribution is 2.18. The zero-order chi connectivity index (χ0) is 15.5. The van der Waals surface area contributed by atoms with Crippen LogP contribution in [0.3, 0.4) is 0 Å². The number of ether oxygens (including phenoxy) is 1. The van der Waals surface area contributed by atoms with Gasteiger partial charge >= 0.3 is 0 Å². The van der Waals surface area contributed by atoms with Gasteiger partial charge in [0.25, 0.3) is 5.91 Å². The summed E-state index contributed by atoms with van der Waals surface area (Å²) in [5.74, 6) is 1.21. The van der Waals surface area contributed by atoms with Crippen molar-refractivity contribution in [1.29, 1.82) is 0 Å². The lowest BCUT2D eigenvalue weighted by molar-refractivity contribution is 0.0765. The third kappa shape index (κ3) is 3.21. The first-order valence-electron chi connectivity index (χ1n) is 7.31. The van der Waals surface area contributed by atoms with Crippen LogP contribution in [0.15, 0.2) is 30.5 Å². The molecule has 1 fully saturated rings. The molecule has 114 valence electrons. The molecule has 0 aliphatic carbocycles. The van der Waals surface area contributed by atoms with Gasteiger partial charge in [-0.1, -0.05) is 6.07 Å². The molecule has 1 unspecified atom stereocenters. The molecule has 1 atom stereocenters. The van der Waals surface area contributed by atoms with Crippen LogP contribution in [-0.4, -0.2) is 45.0 Å².